The molecule has 0 aliphatic rings. The van der Waals surface area contributed by atoms with Gasteiger partial charge < -0.3 is 4.90 Å². The Balaban J connectivity index is 2.51. The van der Waals surface area contributed by atoms with Crippen LogP contribution in [0.25, 0.3) is 0 Å². The van der Waals surface area contributed by atoms with Crippen LogP contribution in [0.1, 0.15) is 12.0 Å². The van der Waals surface area contributed by atoms with Crippen LogP contribution in [0.5, 0.6) is 0 Å². The van der Waals surface area contributed by atoms with E-state index in [0.29, 0.717) is 0 Å². The van der Waals surface area contributed by atoms with Crippen molar-refractivity contribution in [1.29, 1.82) is 0 Å². The third kappa shape index (κ3) is 3.99. The molecule has 1 aromatic rings. The monoisotopic (exact) mass is 275 g/mol. The highest BCUT2D eigenvalue weighted by Gasteiger charge is 2.00. The molecule has 0 fully saturated rings. The summed E-state index contributed by atoms with van der Waals surface area (Å²) in [5.74, 6) is 0. The molecule has 1 aromatic carbocycles. The van der Waals surface area contributed by atoms with Gasteiger partial charge in [0.1, 0.15) is 0 Å². The van der Waals surface area contributed by atoms with Crippen molar-refractivity contribution in [3.63, 3.8) is 0 Å². The zero-order valence-corrected chi connectivity index (χ0v) is 10.9. The van der Waals surface area contributed by atoms with Gasteiger partial charge in [-0.3, -0.25) is 0 Å². The molecule has 1 rings (SSSR count). The Morgan fingerprint density at radius 3 is 2.64 bits per heavy atom. The highest BCUT2D eigenvalue weighted by atomic mass is 79.9. The summed E-state index contributed by atoms with van der Waals surface area (Å²) < 4.78 is 1.04. The number of benzene rings is 1. The van der Waals surface area contributed by atoms with Gasteiger partial charge in [-0.15, -0.1) is 0 Å². The average molecular weight is 277 g/mol. The number of aryl methyl sites for hydroxylation is 1. The van der Waals surface area contributed by atoms with Gasteiger partial charge in [-0.2, -0.15) is 0 Å². The fourth-order valence-corrected chi connectivity index (χ4v) is 2.08. The molecule has 0 aliphatic heterocycles. The molecule has 78 valence electrons. The molecule has 0 N–H and O–H groups in total. The maximum absolute atomic E-state index is 6.10. The van der Waals surface area contributed by atoms with Crippen molar-refractivity contribution < 1.29 is 0 Å². The minimum atomic E-state index is 0.859. The largest absolute Gasteiger partial charge is 0.309 e. The van der Waals surface area contributed by atoms with Crippen molar-refractivity contribution in [1.82, 2.24) is 4.90 Å². The molecule has 0 heterocycles. The molecule has 0 aromatic heterocycles. The van der Waals surface area contributed by atoms with E-state index in [2.05, 4.69) is 41.0 Å². The van der Waals surface area contributed by atoms with Gasteiger partial charge in [-0.25, -0.2) is 0 Å². The standard InChI is InChI=1S/C11H15BrClN/c1-14(2)7-3-4-9-5-6-10(12)8-11(9)13/h5-6,8H,3-4,7H2,1-2H3. The molecular weight excluding hydrogens is 261 g/mol. The molecule has 14 heavy (non-hydrogen) atoms. The summed E-state index contributed by atoms with van der Waals surface area (Å²) in [5.41, 5.74) is 1.23. The van der Waals surface area contributed by atoms with Crippen LogP contribution in [-0.2, 0) is 6.42 Å². The summed E-state index contributed by atoms with van der Waals surface area (Å²) >= 11 is 9.50. The fourth-order valence-electron chi connectivity index (χ4n) is 1.31. The van der Waals surface area contributed by atoms with E-state index in [1.165, 1.54) is 5.56 Å². The van der Waals surface area contributed by atoms with Gasteiger partial charge in [0.15, 0.2) is 0 Å². The Bertz CT molecular complexity index is 299. The van der Waals surface area contributed by atoms with E-state index in [1.807, 2.05) is 12.1 Å². The third-order valence-electron chi connectivity index (χ3n) is 2.07. The predicted molar refractivity (Wildman–Crippen MR) is 66.0 cm³/mol. The molecule has 0 aliphatic carbocycles. The van der Waals surface area contributed by atoms with Crippen LogP contribution in [0.4, 0.5) is 0 Å². The minimum absolute atomic E-state index is 0.859. The molecule has 0 atom stereocenters. The van der Waals surface area contributed by atoms with Gasteiger partial charge in [0, 0.05) is 9.50 Å². The first-order valence-electron chi connectivity index (χ1n) is 4.68. The highest BCUT2D eigenvalue weighted by Crippen LogP contribution is 2.22. The Kier molecular flexibility index (Phi) is 4.93. The van der Waals surface area contributed by atoms with Crippen LogP contribution in [0.15, 0.2) is 22.7 Å². The molecule has 0 saturated heterocycles. The maximum Gasteiger partial charge on any atom is 0.0449 e. The second-order valence-corrected chi connectivity index (χ2v) is 4.97. The van der Waals surface area contributed by atoms with E-state index < -0.39 is 0 Å². The highest BCUT2D eigenvalue weighted by molar-refractivity contribution is 9.10. The van der Waals surface area contributed by atoms with E-state index in [4.69, 9.17) is 11.6 Å². The van der Waals surface area contributed by atoms with Crippen LogP contribution >= 0.6 is 27.5 Å². The minimum Gasteiger partial charge on any atom is -0.309 e. The smallest absolute Gasteiger partial charge is 0.0449 e. The first-order chi connectivity index (χ1) is 6.59. The summed E-state index contributed by atoms with van der Waals surface area (Å²) in [6.45, 7) is 1.10. The van der Waals surface area contributed by atoms with E-state index in [9.17, 15) is 0 Å². The number of rotatable bonds is 4. The van der Waals surface area contributed by atoms with Crippen molar-refractivity contribution in [2.75, 3.05) is 20.6 Å². The SMILES string of the molecule is CN(C)CCCc1ccc(Br)cc1Cl. The topological polar surface area (TPSA) is 3.24 Å². The summed E-state index contributed by atoms with van der Waals surface area (Å²) in [5, 5.41) is 0.859. The lowest BCUT2D eigenvalue weighted by Crippen LogP contribution is -2.13. The van der Waals surface area contributed by atoms with Gasteiger partial charge in [0.25, 0.3) is 0 Å². The van der Waals surface area contributed by atoms with Gasteiger partial charge in [0.2, 0.25) is 0 Å². The molecule has 1 nitrogen and oxygen atoms in total. The normalized spacial score (nSPS) is 10.9. The van der Waals surface area contributed by atoms with E-state index in [-0.39, 0.29) is 0 Å². The van der Waals surface area contributed by atoms with Crippen molar-refractivity contribution in [3.8, 4) is 0 Å². The number of hydrogen-bond acceptors (Lipinski definition) is 1. The van der Waals surface area contributed by atoms with E-state index in [0.717, 1.165) is 28.9 Å². The first kappa shape index (κ1) is 12.0. The summed E-state index contributed by atoms with van der Waals surface area (Å²) in [4.78, 5) is 2.19. The lowest BCUT2D eigenvalue weighted by molar-refractivity contribution is 0.400. The van der Waals surface area contributed by atoms with Gasteiger partial charge in [0.05, 0.1) is 0 Å². The number of halogens is 2. The molecule has 0 spiro atoms. The number of nitrogens with zero attached hydrogens (tertiary/aromatic N) is 1. The first-order valence-corrected chi connectivity index (χ1v) is 5.85. The van der Waals surface area contributed by atoms with Crippen LogP contribution in [0.3, 0.4) is 0 Å². The molecule has 0 radical (unpaired) electrons. The summed E-state index contributed by atoms with van der Waals surface area (Å²) in [6, 6.07) is 6.07. The molecule has 0 amide bonds. The number of hydrogen-bond donors (Lipinski definition) is 0. The predicted octanol–water partition coefficient (Wildman–Crippen LogP) is 3.60. The van der Waals surface area contributed by atoms with Crippen molar-refractivity contribution >= 4 is 27.5 Å². The van der Waals surface area contributed by atoms with Crippen LogP contribution in [-0.4, -0.2) is 25.5 Å². The Hall–Kier alpha value is -0.0500. The zero-order chi connectivity index (χ0) is 10.6. The van der Waals surface area contributed by atoms with Crippen LogP contribution in [0.2, 0.25) is 5.02 Å². The zero-order valence-electron chi connectivity index (χ0n) is 8.56. The van der Waals surface area contributed by atoms with Crippen molar-refractivity contribution in [3.05, 3.63) is 33.3 Å². The molecule has 0 bridgehead atoms. The summed E-state index contributed by atoms with van der Waals surface area (Å²) in [6.07, 6.45) is 2.19. The van der Waals surface area contributed by atoms with E-state index in [1.54, 1.807) is 0 Å². The lowest BCUT2D eigenvalue weighted by Gasteiger charge is -2.09. The average Bonchev–Trinajstić information content (AvgIpc) is 2.08. The van der Waals surface area contributed by atoms with E-state index >= 15 is 0 Å². The van der Waals surface area contributed by atoms with Crippen molar-refractivity contribution in [2.45, 2.75) is 12.8 Å². The van der Waals surface area contributed by atoms with Gasteiger partial charge >= 0.3 is 0 Å². The maximum atomic E-state index is 6.10. The van der Waals surface area contributed by atoms with Crippen molar-refractivity contribution in [2.24, 2.45) is 0 Å². The fraction of sp³-hybridized carbons (Fsp3) is 0.455. The quantitative estimate of drug-likeness (QED) is 0.812. The molecular formula is C11H15BrClN. The van der Waals surface area contributed by atoms with Gasteiger partial charge in [-0.1, -0.05) is 33.6 Å². The Morgan fingerprint density at radius 2 is 2.07 bits per heavy atom. The van der Waals surface area contributed by atoms with Crippen LogP contribution < -0.4 is 0 Å². The summed E-state index contributed by atoms with van der Waals surface area (Å²) in [7, 11) is 4.17. The second kappa shape index (κ2) is 5.74. The van der Waals surface area contributed by atoms with Crippen LogP contribution in [0, 0.1) is 0 Å². The molecule has 3 heteroatoms. The molecule has 0 unspecified atom stereocenters. The van der Waals surface area contributed by atoms with Gasteiger partial charge in [-0.05, 0) is 51.2 Å². The Morgan fingerprint density at radius 1 is 1.36 bits per heavy atom. The molecule has 0 saturated carbocycles. The third-order valence-corrected chi connectivity index (χ3v) is 2.91. The second-order valence-electron chi connectivity index (χ2n) is 3.64. The Labute approximate surface area is 99.2 Å². The lowest BCUT2D eigenvalue weighted by atomic mass is 10.1.